The van der Waals surface area contributed by atoms with Gasteiger partial charge in [-0.15, -0.1) is 0 Å². The highest BCUT2D eigenvalue weighted by molar-refractivity contribution is 5.68. The largest absolute Gasteiger partial charge is 1.00 e. The molecule has 4 nitrogen and oxygen atoms in total. The number of unbranched alkanes of at least 4 members (excludes halogenated alkanes) is 5. The van der Waals surface area contributed by atoms with E-state index in [1.807, 2.05) is 0 Å². The van der Waals surface area contributed by atoms with Crippen LogP contribution >= 0.6 is 0 Å². The lowest BCUT2D eigenvalue weighted by molar-refractivity contribution is -0.908. The van der Waals surface area contributed by atoms with E-state index >= 15 is 0 Å². The van der Waals surface area contributed by atoms with Gasteiger partial charge in [0.1, 0.15) is 12.6 Å². The summed E-state index contributed by atoms with van der Waals surface area (Å²) in [6.45, 7) is 3.44. The highest BCUT2D eigenvalue weighted by Gasteiger charge is 2.17. The third-order valence-corrected chi connectivity index (χ3v) is 4.48. The predicted molar refractivity (Wildman–Crippen MR) is 84.4 cm³/mol. The second-order valence-electron chi connectivity index (χ2n) is 6.40. The molecule has 1 heterocycles. The molecule has 2 N–H and O–H groups in total. The van der Waals surface area contributed by atoms with Gasteiger partial charge in [0, 0.05) is 6.42 Å². The fraction of sp³-hybridized carbons (Fsp3) is 0.941. The Morgan fingerprint density at radius 3 is 2.27 bits per heavy atom. The van der Waals surface area contributed by atoms with Gasteiger partial charge in [-0.3, -0.25) is 4.79 Å². The molecule has 1 aliphatic heterocycles. The number of esters is 1. The summed E-state index contributed by atoms with van der Waals surface area (Å²) >= 11 is 0. The number of carbonyl (C=O) groups is 1. The van der Waals surface area contributed by atoms with Gasteiger partial charge in [-0.1, -0.05) is 32.1 Å². The Kier molecular flexibility index (Phi) is 14.1. The monoisotopic (exact) mass is 335 g/mol. The molecule has 0 aromatic carbocycles. The first-order valence-corrected chi connectivity index (χ1v) is 8.81. The molecule has 5 heteroatoms. The minimum absolute atomic E-state index is 0. The Hall–Kier alpha value is -0.320. The highest BCUT2D eigenvalue weighted by Crippen LogP contribution is 2.10. The van der Waals surface area contributed by atoms with Crippen molar-refractivity contribution in [3.05, 3.63) is 0 Å². The molecule has 1 saturated heterocycles. The first-order valence-electron chi connectivity index (χ1n) is 8.81. The Morgan fingerprint density at radius 2 is 1.64 bits per heavy atom. The summed E-state index contributed by atoms with van der Waals surface area (Å²) in [5.41, 5.74) is 0. The number of piperidine rings is 1. The van der Waals surface area contributed by atoms with Crippen molar-refractivity contribution in [2.45, 2.75) is 76.7 Å². The van der Waals surface area contributed by atoms with E-state index in [9.17, 15) is 9.90 Å². The Morgan fingerprint density at radius 1 is 1.05 bits per heavy atom. The summed E-state index contributed by atoms with van der Waals surface area (Å²) in [4.78, 5) is 12.5. The van der Waals surface area contributed by atoms with E-state index in [1.54, 1.807) is 4.90 Å². The van der Waals surface area contributed by atoms with Crippen molar-refractivity contribution in [2.75, 3.05) is 26.7 Å². The molecule has 132 valence electrons. The van der Waals surface area contributed by atoms with Crippen LogP contribution in [0.1, 0.15) is 70.6 Å². The van der Waals surface area contributed by atoms with E-state index < -0.39 is 0 Å². The number of quaternary nitrogens is 1. The van der Waals surface area contributed by atoms with Gasteiger partial charge in [0.2, 0.25) is 0 Å². The summed E-state index contributed by atoms with van der Waals surface area (Å²) in [5, 5.41) is 10.1. The van der Waals surface area contributed by atoms with E-state index in [-0.39, 0.29) is 24.5 Å². The third kappa shape index (κ3) is 11.3. The molecule has 1 aliphatic rings. The molecular formula is C17H34ClNO3. The molecule has 0 bridgehead atoms. The van der Waals surface area contributed by atoms with Crippen molar-refractivity contribution in [3.63, 3.8) is 0 Å². The molecule has 1 atom stereocenters. The predicted octanol–water partition coefficient (Wildman–Crippen LogP) is -1.29. The number of carbonyl (C=O) groups excluding carboxylic acids is 1. The van der Waals surface area contributed by atoms with Crippen molar-refractivity contribution in [1.29, 1.82) is 0 Å². The van der Waals surface area contributed by atoms with E-state index in [0.29, 0.717) is 6.42 Å². The van der Waals surface area contributed by atoms with Crippen LogP contribution in [0.3, 0.4) is 0 Å². The van der Waals surface area contributed by atoms with Crippen LogP contribution in [0.15, 0.2) is 0 Å². The minimum atomic E-state index is -0.113. The van der Waals surface area contributed by atoms with Gasteiger partial charge < -0.3 is 27.2 Å². The summed E-state index contributed by atoms with van der Waals surface area (Å²) in [7, 11) is 1.44. The van der Waals surface area contributed by atoms with Crippen LogP contribution in [0.4, 0.5) is 0 Å². The second-order valence-corrected chi connectivity index (χ2v) is 6.40. The smallest absolute Gasteiger partial charge is 0.305 e. The number of rotatable bonds is 11. The molecule has 22 heavy (non-hydrogen) atoms. The molecule has 0 amide bonds. The van der Waals surface area contributed by atoms with Crippen LogP contribution in [-0.4, -0.2) is 43.9 Å². The van der Waals surface area contributed by atoms with E-state index in [1.165, 1.54) is 58.7 Å². The number of hydrogen-bond acceptors (Lipinski definition) is 3. The SMILES string of the molecule is COC(=O)CCCCCCCCC(O)C[NH+]1CCCCC1.[Cl-]. The zero-order valence-electron chi connectivity index (χ0n) is 14.1. The fourth-order valence-corrected chi connectivity index (χ4v) is 3.15. The average Bonchev–Trinajstić information content (AvgIpc) is 2.50. The van der Waals surface area contributed by atoms with E-state index in [2.05, 4.69) is 4.74 Å². The van der Waals surface area contributed by atoms with Gasteiger partial charge in [-0.2, -0.15) is 0 Å². The van der Waals surface area contributed by atoms with Crippen LogP contribution < -0.4 is 17.3 Å². The summed E-state index contributed by atoms with van der Waals surface area (Å²) < 4.78 is 4.62. The van der Waals surface area contributed by atoms with Gasteiger partial charge in [-0.25, -0.2) is 0 Å². The molecule has 0 aliphatic carbocycles. The quantitative estimate of drug-likeness (QED) is 0.365. The maximum Gasteiger partial charge on any atom is 0.305 e. The standard InChI is InChI=1S/C17H33NO3.ClH/c1-21-17(20)12-8-5-3-2-4-7-11-16(19)15-18-13-9-6-10-14-18;/h16,19H,2-15H2,1H3;1H. The zero-order valence-corrected chi connectivity index (χ0v) is 14.9. The van der Waals surface area contributed by atoms with Gasteiger partial charge in [0.25, 0.3) is 0 Å². The van der Waals surface area contributed by atoms with Crippen LogP contribution in [0.25, 0.3) is 0 Å². The molecule has 1 rings (SSSR count). The van der Waals surface area contributed by atoms with Gasteiger partial charge in [0.05, 0.1) is 20.2 Å². The lowest BCUT2D eigenvalue weighted by atomic mass is 10.0. The molecule has 0 saturated carbocycles. The van der Waals surface area contributed by atoms with Crippen LogP contribution in [-0.2, 0) is 9.53 Å². The third-order valence-electron chi connectivity index (χ3n) is 4.48. The van der Waals surface area contributed by atoms with Crippen molar-refractivity contribution in [2.24, 2.45) is 0 Å². The number of methoxy groups -OCH3 is 1. The molecule has 1 fully saturated rings. The van der Waals surface area contributed by atoms with Gasteiger partial charge >= 0.3 is 5.97 Å². The summed E-state index contributed by atoms with van der Waals surface area (Å²) in [5.74, 6) is -0.0988. The minimum Gasteiger partial charge on any atom is -1.00 e. The molecular weight excluding hydrogens is 302 g/mol. The highest BCUT2D eigenvalue weighted by atomic mass is 35.5. The van der Waals surface area contributed by atoms with Crippen LogP contribution in [0.5, 0.6) is 0 Å². The molecule has 0 radical (unpaired) electrons. The van der Waals surface area contributed by atoms with Crippen LogP contribution in [0, 0.1) is 0 Å². The first kappa shape index (κ1) is 21.7. The maximum atomic E-state index is 10.9. The van der Waals surface area contributed by atoms with Crippen molar-refractivity contribution in [3.8, 4) is 0 Å². The second kappa shape index (κ2) is 14.3. The molecule has 0 aromatic heterocycles. The fourth-order valence-electron chi connectivity index (χ4n) is 3.15. The molecule has 0 aromatic rings. The van der Waals surface area contributed by atoms with Gasteiger partial charge in [-0.05, 0) is 32.1 Å². The average molecular weight is 336 g/mol. The first-order chi connectivity index (χ1) is 10.2. The Balaban J connectivity index is 0.00000441. The topological polar surface area (TPSA) is 51.0 Å². The lowest BCUT2D eigenvalue weighted by Gasteiger charge is -2.25. The number of aliphatic hydroxyl groups excluding tert-OH is 1. The Bertz CT molecular complexity index is 271. The van der Waals surface area contributed by atoms with Gasteiger partial charge in [0.15, 0.2) is 0 Å². The lowest BCUT2D eigenvalue weighted by Crippen LogP contribution is -3.13. The van der Waals surface area contributed by atoms with E-state index in [0.717, 1.165) is 32.2 Å². The van der Waals surface area contributed by atoms with Crippen LogP contribution in [0.2, 0.25) is 0 Å². The van der Waals surface area contributed by atoms with Crippen molar-refractivity contribution < 1.29 is 31.9 Å². The van der Waals surface area contributed by atoms with E-state index in [4.69, 9.17) is 0 Å². The molecule has 0 spiro atoms. The number of nitrogens with one attached hydrogen (secondary N) is 1. The maximum absolute atomic E-state index is 10.9. The zero-order chi connectivity index (χ0) is 15.3. The number of hydrogen-bond donors (Lipinski definition) is 2. The molecule has 1 unspecified atom stereocenters. The number of ether oxygens (including phenoxy) is 1. The number of aliphatic hydroxyl groups is 1. The van der Waals surface area contributed by atoms with Crippen molar-refractivity contribution in [1.82, 2.24) is 0 Å². The Labute approximate surface area is 142 Å². The normalized spacial score (nSPS) is 16.8. The summed E-state index contributed by atoms with van der Waals surface area (Å²) in [6, 6.07) is 0. The van der Waals surface area contributed by atoms with Crippen molar-refractivity contribution >= 4 is 5.97 Å². The summed E-state index contributed by atoms with van der Waals surface area (Å²) in [6.07, 6.45) is 12.2. The number of likely N-dealkylation sites (tertiary alicyclic amines) is 1. The number of halogens is 1.